The molecule has 0 aliphatic rings. The van der Waals surface area contributed by atoms with E-state index in [1.807, 2.05) is 6.92 Å². The number of rotatable bonds is 5. The quantitative estimate of drug-likeness (QED) is 0.668. The van der Waals surface area contributed by atoms with Crippen LogP contribution in [-0.2, 0) is 4.79 Å². The highest BCUT2D eigenvalue weighted by Gasteiger charge is 2.13. The predicted octanol–water partition coefficient (Wildman–Crippen LogP) is -0.0446. The highest BCUT2D eigenvalue weighted by Crippen LogP contribution is 1.99. The highest BCUT2D eigenvalue weighted by molar-refractivity contribution is 5.93. The Morgan fingerprint density at radius 1 is 1.47 bits per heavy atom. The third kappa shape index (κ3) is 4.20. The minimum atomic E-state index is -1.45. The first-order valence-corrected chi connectivity index (χ1v) is 5.12. The number of pyridine rings is 1. The van der Waals surface area contributed by atoms with E-state index in [9.17, 15) is 9.59 Å². The second-order valence-corrected chi connectivity index (χ2v) is 3.59. The Morgan fingerprint density at radius 3 is 2.71 bits per heavy atom. The molecule has 0 aromatic carbocycles. The number of hydrogen-bond acceptors (Lipinski definition) is 4. The van der Waals surface area contributed by atoms with E-state index in [2.05, 4.69) is 10.3 Å². The summed E-state index contributed by atoms with van der Waals surface area (Å²) in [5.41, 5.74) is 1.21. The van der Waals surface area contributed by atoms with E-state index >= 15 is 0 Å². The molecule has 0 saturated heterocycles. The predicted molar refractivity (Wildman–Crippen MR) is 59.6 cm³/mol. The van der Waals surface area contributed by atoms with Gasteiger partial charge < -0.3 is 15.5 Å². The molecular formula is C11H14N2O4. The molecule has 0 aliphatic carbocycles. The van der Waals surface area contributed by atoms with E-state index in [1.54, 1.807) is 12.1 Å². The van der Waals surface area contributed by atoms with Gasteiger partial charge in [-0.1, -0.05) is 0 Å². The fourth-order valence-corrected chi connectivity index (χ4v) is 1.15. The van der Waals surface area contributed by atoms with E-state index in [0.717, 1.165) is 5.69 Å². The standard InChI is InChI=1S/C11H14N2O4/c1-7-2-3-8(6-13-7)10(15)12-5-4-9(14)11(16)17/h2-3,6,9,14H,4-5H2,1H3,(H,12,15)(H,16,17)/t9-/m0/s1. The normalized spacial score (nSPS) is 11.9. The van der Waals surface area contributed by atoms with Gasteiger partial charge >= 0.3 is 5.97 Å². The van der Waals surface area contributed by atoms with Crippen molar-refractivity contribution < 1.29 is 19.8 Å². The maximum atomic E-state index is 11.5. The summed E-state index contributed by atoms with van der Waals surface area (Å²) in [4.78, 5) is 25.8. The van der Waals surface area contributed by atoms with Gasteiger partial charge in [-0.15, -0.1) is 0 Å². The van der Waals surface area contributed by atoms with Crippen molar-refractivity contribution in [1.82, 2.24) is 10.3 Å². The summed E-state index contributed by atoms with van der Waals surface area (Å²) in [7, 11) is 0. The number of amides is 1. The van der Waals surface area contributed by atoms with Crippen molar-refractivity contribution in [2.24, 2.45) is 0 Å². The van der Waals surface area contributed by atoms with Gasteiger partial charge in [0.05, 0.1) is 5.56 Å². The molecule has 0 aliphatic heterocycles. The molecule has 1 aromatic heterocycles. The number of hydrogen-bond donors (Lipinski definition) is 3. The van der Waals surface area contributed by atoms with Crippen molar-refractivity contribution in [2.45, 2.75) is 19.4 Å². The van der Waals surface area contributed by atoms with Crippen LogP contribution in [0.1, 0.15) is 22.5 Å². The highest BCUT2D eigenvalue weighted by atomic mass is 16.4. The molecule has 3 N–H and O–H groups in total. The molecule has 6 nitrogen and oxygen atoms in total. The lowest BCUT2D eigenvalue weighted by Crippen LogP contribution is -2.30. The van der Waals surface area contributed by atoms with Crippen LogP contribution < -0.4 is 5.32 Å². The smallest absolute Gasteiger partial charge is 0.332 e. The van der Waals surface area contributed by atoms with Crippen LogP contribution in [0.4, 0.5) is 0 Å². The Morgan fingerprint density at radius 2 is 2.18 bits per heavy atom. The van der Waals surface area contributed by atoms with Crippen LogP contribution in [0.3, 0.4) is 0 Å². The van der Waals surface area contributed by atoms with Gasteiger partial charge in [0.15, 0.2) is 6.10 Å². The second-order valence-electron chi connectivity index (χ2n) is 3.59. The van der Waals surface area contributed by atoms with Crippen molar-refractivity contribution >= 4 is 11.9 Å². The van der Waals surface area contributed by atoms with Gasteiger partial charge in [-0.05, 0) is 19.1 Å². The fourth-order valence-electron chi connectivity index (χ4n) is 1.15. The van der Waals surface area contributed by atoms with Crippen LogP contribution in [0.2, 0.25) is 0 Å². The number of carboxylic acid groups (broad SMARTS) is 1. The number of nitrogens with zero attached hydrogens (tertiary/aromatic N) is 1. The van der Waals surface area contributed by atoms with Gasteiger partial charge in [0.1, 0.15) is 0 Å². The lowest BCUT2D eigenvalue weighted by molar-refractivity contribution is -0.146. The monoisotopic (exact) mass is 238 g/mol. The van der Waals surface area contributed by atoms with E-state index < -0.39 is 12.1 Å². The van der Waals surface area contributed by atoms with Crippen molar-refractivity contribution in [3.05, 3.63) is 29.6 Å². The first kappa shape index (κ1) is 13.1. The molecule has 17 heavy (non-hydrogen) atoms. The molecule has 0 unspecified atom stereocenters. The van der Waals surface area contributed by atoms with Gasteiger partial charge in [0, 0.05) is 24.9 Å². The van der Waals surface area contributed by atoms with Gasteiger partial charge in [-0.2, -0.15) is 0 Å². The fraction of sp³-hybridized carbons (Fsp3) is 0.364. The summed E-state index contributed by atoms with van der Waals surface area (Å²) in [6, 6.07) is 3.34. The van der Waals surface area contributed by atoms with Gasteiger partial charge in [0.2, 0.25) is 0 Å². The SMILES string of the molecule is Cc1ccc(C(=O)NCC[C@H](O)C(=O)O)cn1. The third-order valence-electron chi connectivity index (χ3n) is 2.16. The Hall–Kier alpha value is -1.95. The van der Waals surface area contributed by atoms with Crippen molar-refractivity contribution in [1.29, 1.82) is 0 Å². The molecule has 0 fully saturated rings. The number of nitrogens with one attached hydrogen (secondary N) is 1. The number of aliphatic carboxylic acids is 1. The maximum Gasteiger partial charge on any atom is 0.332 e. The van der Waals surface area contributed by atoms with Gasteiger partial charge in [-0.3, -0.25) is 9.78 Å². The average Bonchev–Trinajstić information content (AvgIpc) is 2.29. The molecule has 1 aromatic rings. The number of aromatic nitrogens is 1. The molecular weight excluding hydrogens is 224 g/mol. The summed E-state index contributed by atoms with van der Waals surface area (Å²) in [6.07, 6.45) is -0.0370. The van der Waals surface area contributed by atoms with Crippen LogP contribution in [-0.4, -0.2) is 39.7 Å². The van der Waals surface area contributed by atoms with Gasteiger partial charge in [0.25, 0.3) is 5.91 Å². The lowest BCUT2D eigenvalue weighted by atomic mass is 10.2. The van der Waals surface area contributed by atoms with E-state index in [1.165, 1.54) is 6.20 Å². The van der Waals surface area contributed by atoms with E-state index in [-0.39, 0.29) is 18.9 Å². The number of aliphatic hydroxyl groups is 1. The summed E-state index contributed by atoms with van der Waals surface area (Å²) >= 11 is 0. The number of aryl methyl sites for hydroxylation is 1. The zero-order chi connectivity index (χ0) is 12.8. The number of carboxylic acids is 1. The van der Waals surface area contributed by atoms with Crippen molar-refractivity contribution in [3.63, 3.8) is 0 Å². The van der Waals surface area contributed by atoms with E-state index in [4.69, 9.17) is 10.2 Å². The summed E-state index contributed by atoms with van der Waals surface area (Å²) < 4.78 is 0. The summed E-state index contributed by atoms with van der Waals surface area (Å²) in [6.45, 7) is 1.91. The van der Waals surface area contributed by atoms with Crippen LogP contribution in [0.15, 0.2) is 18.3 Å². The summed E-state index contributed by atoms with van der Waals surface area (Å²) in [5, 5.41) is 19.9. The minimum Gasteiger partial charge on any atom is -0.479 e. The molecule has 0 spiro atoms. The maximum absolute atomic E-state index is 11.5. The first-order chi connectivity index (χ1) is 8.00. The van der Waals surface area contributed by atoms with Crippen molar-refractivity contribution in [2.75, 3.05) is 6.54 Å². The van der Waals surface area contributed by atoms with E-state index in [0.29, 0.717) is 5.56 Å². The number of aliphatic hydroxyl groups excluding tert-OH is 1. The molecule has 0 saturated carbocycles. The van der Waals surface area contributed by atoms with Crippen molar-refractivity contribution in [3.8, 4) is 0 Å². The second kappa shape index (κ2) is 5.95. The van der Waals surface area contributed by atoms with Crippen LogP contribution >= 0.6 is 0 Å². The minimum absolute atomic E-state index is 0.0274. The number of carbonyl (C=O) groups excluding carboxylic acids is 1. The molecule has 0 radical (unpaired) electrons. The summed E-state index contributed by atoms with van der Waals surface area (Å²) in [5.74, 6) is -1.63. The lowest BCUT2D eigenvalue weighted by Gasteiger charge is -2.07. The number of carbonyl (C=O) groups is 2. The Labute approximate surface area is 98.3 Å². The third-order valence-corrected chi connectivity index (χ3v) is 2.16. The molecule has 1 rings (SSSR count). The molecule has 0 bridgehead atoms. The Bertz CT molecular complexity index is 402. The zero-order valence-electron chi connectivity index (χ0n) is 9.38. The largest absolute Gasteiger partial charge is 0.479 e. The van der Waals surface area contributed by atoms with Crippen LogP contribution in [0.25, 0.3) is 0 Å². The Kier molecular flexibility index (Phi) is 4.59. The molecule has 1 amide bonds. The molecule has 1 heterocycles. The zero-order valence-corrected chi connectivity index (χ0v) is 9.38. The molecule has 92 valence electrons. The average molecular weight is 238 g/mol. The van der Waals surface area contributed by atoms with Crippen LogP contribution in [0, 0.1) is 6.92 Å². The topological polar surface area (TPSA) is 99.5 Å². The van der Waals surface area contributed by atoms with Gasteiger partial charge in [-0.25, -0.2) is 4.79 Å². The molecule has 6 heteroatoms. The molecule has 1 atom stereocenters. The Balaban J connectivity index is 2.40. The van der Waals surface area contributed by atoms with Crippen LogP contribution in [0.5, 0.6) is 0 Å². The first-order valence-electron chi connectivity index (χ1n) is 5.12.